The van der Waals surface area contributed by atoms with Crippen molar-refractivity contribution >= 4 is 11.9 Å². The highest BCUT2D eigenvalue weighted by Crippen LogP contribution is 2.22. The Morgan fingerprint density at radius 1 is 1.45 bits per heavy atom. The molecule has 0 aliphatic carbocycles. The zero-order chi connectivity index (χ0) is 16.3. The average molecular weight is 309 g/mol. The number of carboxylic acids is 1. The Morgan fingerprint density at radius 3 is 2.82 bits per heavy atom. The van der Waals surface area contributed by atoms with Crippen molar-refractivity contribution in [3.63, 3.8) is 0 Å². The molecule has 1 heterocycles. The number of amides is 1. The van der Waals surface area contributed by atoms with Crippen LogP contribution in [0.25, 0.3) is 0 Å². The third-order valence-corrected chi connectivity index (χ3v) is 3.79. The maximum Gasteiger partial charge on any atom is 0.334 e. The fourth-order valence-electron chi connectivity index (χ4n) is 2.61. The Hall–Kier alpha value is -1.95. The van der Waals surface area contributed by atoms with E-state index in [-0.39, 0.29) is 36.7 Å². The second kappa shape index (κ2) is 6.87. The van der Waals surface area contributed by atoms with Crippen molar-refractivity contribution in [2.75, 3.05) is 13.1 Å². The minimum atomic E-state index is -1.07. The normalized spacial score (nSPS) is 23.1. The maximum absolute atomic E-state index is 13.2. The van der Waals surface area contributed by atoms with E-state index in [1.54, 1.807) is 19.1 Å². The van der Waals surface area contributed by atoms with Gasteiger partial charge < -0.3 is 14.7 Å². The second-order valence-electron chi connectivity index (χ2n) is 5.73. The fourth-order valence-corrected chi connectivity index (χ4v) is 2.61. The van der Waals surface area contributed by atoms with Crippen LogP contribution in [0.3, 0.4) is 0 Å². The van der Waals surface area contributed by atoms with E-state index in [2.05, 4.69) is 0 Å². The first kappa shape index (κ1) is 16.4. The van der Waals surface area contributed by atoms with Gasteiger partial charge in [0.1, 0.15) is 5.82 Å². The summed E-state index contributed by atoms with van der Waals surface area (Å²) in [5.74, 6) is -1.67. The van der Waals surface area contributed by atoms with Crippen molar-refractivity contribution in [3.05, 3.63) is 35.6 Å². The lowest BCUT2D eigenvalue weighted by Crippen LogP contribution is -2.51. The zero-order valence-electron chi connectivity index (χ0n) is 12.7. The van der Waals surface area contributed by atoms with Crippen molar-refractivity contribution in [3.8, 4) is 0 Å². The van der Waals surface area contributed by atoms with Crippen LogP contribution < -0.4 is 0 Å². The van der Waals surface area contributed by atoms with Crippen LogP contribution in [0.1, 0.15) is 31.7 Å². The van der Waals surface area contributed by atoms with Gasteiger partial charge in [0.2, 0.25) is 5.91 Å². The fraction of sp³-hybridized carbons (Fsp3) is 0.500. The standard InChI is InChI=1S/C16H20FNO4/c1-10(12-4-3-5-13(17)7-12)6-15(19)18-8-11(2)22-14(9-18)16(20)21/h3-5,7,10-11,14H,6,8-9H2,1-2H3,(H,20,21)/t10?,11-,14?/m1/s1. The number of ether oxygens (including phenoxy) is 1. The van der Waals surface area contributed by atoms with Crippen LogP contribution in [0.2, 0.25) is 0 Å². The maximum atomic E-state index is 13.2. The van der Waals surface area contributed by atoms with E-state index in [0.29, 0.717) is 6.54 Å². The summed E-state index contributed by atoms with van der Waals surface area (Å²) in [6, 6.07) is 6.17. The lowest BCUT2D eigenvalue weighted by atomic mass is 9.97. The lowest BCUT2D eigenvalue weighted by molar-refractivity contribution is -0.166. The Balaban J connectivity index is 2.00. The van der Waals surface area contributed by atoms with E-state index in [9.17, 15) is 14.0 Å². The molecule has 1 aliphatic rings. The summed E-state index contributed by atoms with van der Waals surface area (Å²) in [6.45, 7) is 4.02. The lowest BCUT2D eigenvalue weighted by Gasteiger charge is -2.35. The minimum Gasteiger partial charge on any atom is -0.479 e. The summed E-state index contributed by atoms with van der Waals surface area (Å²) >= 11 is 0. The summed E-state index contributed by atoms with van der Waals surface area (Å²) in [4.78, 5) is 24.9. The van der Waals surface area contributed by atoms with Gasteiger partial charge in [0.05, 0.1) is 12.6 Å². The van der Waals surface area contributed by atoms with Crippen LogP contribution in [-0.4, -0.2) is 47.2 Å². The Bertz CT molecular complexity index is 563. The van der Waals surface area contributed by atoms with Gasteiger partial charge in [-0.2, -0.15) is 0 Å². The molecule has 1 aromatic carbocycles. The summed E-state index contributed by atoms with van der Waals surface area (Å²) < 4.78 is 18.5. The third kappa shape index (κ3) is 4.04. The van der Waals surface area contributed by atoms with Gasteiger partial charge in [0, 0.05) is 13.0 Å². The molecule has 2 unspecified atom stereocenters. The molecule has 0 radical (unpaired) electrons. The molecule has 1 amide bonds. The van der Waals surface area contributed by atoms with Gasteiger partial charge in [-0.15, -0.1) is 0 Å². The van der Waals surface area contributed by atoms with Crippen LogP contribution in [0.5, 0.6) is 0 Å². The molecule has 1 saturated heterocycles. The van der Waals surface area contributed by atoms with Crippen LogP contribution in [-0.2, 0) is 14.3 Å². The number of halogens is 1. The van der Waals surface area contributed by atoms with Crippen molar-refractivity contribution in [2.45, 2.75) is 38.4 Å². The van der Waals surface area contributed by atoms with E-state index in [1.807, 2.05) is 6.92 Å². The van der Waals surface area contributed by atoms with Gasteiger partial charge in [-0.3, -0.25) is 4.79 Å². The van der Waals surface area contributed by atoms with Crippen LogP contribution in [0.4, 0.5) is 4.39 Å². The molecular weight excluding hydrogens is 289 g/mol. The van der Waals surface area contributed by atoms with Crippen LogP contribution >= 0.6 is 0 Å². The van der Waals surface area contributed by atoms with Gasteiger partial charge in [-0.1, -0.05) is 19.1 Å². The number of hydrogen-bond donors (Lipinski definition) is 1. The number of hydrogen-bond acceptors (Lipinski definition) is 3. The molecule has 3 atom stereocenters. The third-order valence-electron chi connectivity index (χ3n) is 3.79. The van der Waals surface area contributed by atoms with Crippen molar-refractivity contribution in [2.24, 2.45) is 0 Å². The SMILES string of the molecule is CC(CC(=O)N1CC(C(=O)O)O[C@H](C)C1)c1cccc(F)c1. The highest BCUT2D eigenvalue weighted by molar-refractivity contribution is 5.79. The molecule has 5 nitrogen and oxygen atoms in total. The Morgan fingerprint density at radius 2 is 2.18 bits per heavy atom. The highest BCUT2D eigenvalue weighted by Gasteiger charge is 2.32. The topological polar surface area (TPSA) is 66.8 Å². The first-order valence-electron chi connectivity index (χ1n) is 7.28. The molecule has 1 aromatic rings. The molecule has 2 rings (SSSR count). The predicted molar refractivity (Wildman–Crippen MR) is 78.0 cm³/mol. The minimum absolute atomic E-state index is 0.0500. The number of carbonyl (C=O) groups is 2. The second-order valence-corrected chi connectivity index (χ2v) is 5.73. The molecule has 120 valence electrons. The molecule has 1 fully saturated rings. The van der Waals surface area contributed by atoms with E-state index in [0.717, 1.165) is 5.56 Å². The predicted octanol–water partition coefficient (Wildman–Crippen LogP) is 2.02. The molecular formula is C16H20FNO4. The molecule has 6 heteroatoms. The van der Waals surface area contributed by atoms with Gasteiger partial charge >= 0.3 is 5.97 Å². The molecule has 1 aliphatic heterocycles. The summed E-state index contributed by atoms with van der Waals surface area (Å²) in [5.41, 5.74) is 0.754. The Labute approximate surface area is 128 Å². The number of nitrogens with zero attached hydrogens (tertiary/aromatic N) is 1. The molecule has 22 heavy (non-hydrogen) atoms. The molecule has 0 spiro atoms. The number of carboxylic acid groups (broad SMARTS) is 1. The Kier molecular flexibility index (Phi) is 5.13. The van der Waals surface area contributed by atoms with Gasteiger partial charge in [-0.05, 0) is 30.5 Å². The summed E-state index contributed by atoms with van der Waals surface area (Å²) in [5, 5.41) is 9.04. The van der Waals surface area contributed by atoms with Crippen molar-refractivity contribution in [1.29, 1.82) is 0 Å². The smallest absolute Gasteiger partial charge is 0.334 e. The number of rotatable bonds is 4. The number of morpholine rings is 1. The van der Waals surface area contributed by atoms with Gasteiger partial charge in [0.15, 0.2) is 6.10 Å². The number of carbonyl (C=O) groups excluding carboxylic acids is 1. The van der Waals surface area contributed by atoms with Crippen molar-refractivity contribution < 1.29 is 23.8 Å². The highest BCUT2D eigenvalue weighted by atomic mass is 19.1. The summed E-state index contributed by atoms with van der Waals surface area (Å²) in [6.07, 6.45) is -1.09. The van der Waals surface area contributed by atoms with E-state index in [4.69, 9.17) is 9.84 Å². The average Bonchev–Trinajstić information content (AvgIpc) is 2.46. The van der Waals surface area contributed by atoms with Gasteiger partial charge in [0.25, 0.3) is 0 Å². The quantitative estimate of drug-likeness (QED) is 0.924. The zero-order valence-corrected chi connectivity index (χ0v) is 12.7. The first-order chi connectivity index (χ1) is 10.4. The van der Waals surface area contributed by atoms with Crippen LogP contribution in [0, 0.1) is 5.82 Å². The molecule has 0 aromatic heterocycles. The number of benzene rings is 1. The van der Waals surface area contributed by atoms with E-state index in [1.165, 1.54) is 17.0 Å². The van der Waals surface area contributed by atoms with E-state index >= 15 is 0 Å². The largest absolute Gasteiger partial charge is 0.479 e. The molecule has 0 bridgehead atoms. The molecule has 1 N–H and O–H groups in total. The molecule has 0 saturated carbocycles. The van der Waals surface area contributed by atoms with E-state index < -0.39 is 12.1 Å². The monoisotopic (exact) mass is 309 g/mol. The summed E-state index contributed by atoms with van der Waals surface area (Å²) in [7, 11) is 0. The first-order valence-corrected chi connectivity index (χ1v) is 7.28. The van der Waals surface area contributed by atoms with Crippen LogP contribution in [0.15, 0.2) is 24.3 Å². The number of aliphatic carboxylic acids is 1. The van der Waals surface area contributed by atoms with Gasteiger partial charge in [-0.25, -0.2) is 9.18 Å². The van der Waals surface area contributed by atoms with Crippen molar-refractivity contribution in [1.82, 2.24) is 4.90 Å².